The fourth-order valence-electron chi connectivity index (χ4n) is 2.61. The van der Waals surface area contributed by atoms with Crippen LogP contribution < -0.4 is 15.5 Å². The fraction of sp³-hybridized carbons (Fsp3) is 0.222. The van der Waals surface area contributed by atoms with E-state index in [4.69, 9.17) is 12.2 Å². The lowest BCUT2D eigenvalue weighted by molar-refractivity contribution is 0.0978. The van der Waals surface area contributed by atoms with E-state index < -0.39 is 0 Å². The van der Waals surface area contributed by atoms with Crippen LogP contribution in [-0.4, -0.2) is 32.9 Å². The zero-order chi connectivity index (χ0) is 18.5. The molecule has 0 fully saturated rings. The van der Waals surface area contributed by atoms with E-state index in [1.807, 2.05) is 24.3 Å². The maximum atomic E-state index is 12.3. The highest BCUT2D eigenvalue weighted by Gasteiger charge is 2.10. The van der Waals surface area contributed by atoms with E-state index in [1.54, 1.807) is 18.2 Å². The molecule has 0 aliphatic rings. The highest BCUT2D eigenvalue weighted by molar-refractivity contribution is 7.80. The van der Waals surface area contributed by atoms with Gasteiger partial charge < -0.3 is 10.2 Å². The Kier molecular flexibility index (Phi) is 5.75. The Morgan fingerprint density at radius 1 is 1.08 bits per heavy atom. The lowest BCUT2D eigenvalue weighted by atomic mass is 10.2. The number of amides is 1. The average Bonchev–Trinajstić information content (AvgIpc) is 3.11. The first kappa shape index (κ1) is 18.2. The van der Waals surface area contributed by atoms with Gasteiger partial charge in [-0.05, 0) is 68.5 Å². The topological polar surface area (TPSA) is 70.2 Å². The fourth-order valence-corrected chi connectivity index (χ4v) is 3.33. The van der Waals surface area contributed by atoms with E-state index in [9.17, 15) is 4.79 Å². The molecule has 2 aromatic carbocycles. The van der Waals surface area contributed by atoms with Gasteiger partial charge in [-0.1, -0.05) is 0 Å². The van der Waals surface area contributed by atoms with E-state index in [0.717, 1.165) is 41.7 Å². The summed E-state index contributed by atoms with van der Waals surface area (Å²) in [5.74, 6) is -0.280. The minimum atomic E-state index is -0.280. The Hall–Kier alpha value is -2.58. The molecule has 3 aromatic rings. The quantitative estimate of drug-likeness (QED) is 0.653. The third kappa shape index (κ3) is 4.14. The number of carbonyl (C=O) groups excluding carboxylic acids is 1. The zero-order valence-electron chi connectivity index (χ0n) is 14.5. The average molecular weight is 386 g/mol. The standard InChI is InChI=1S/C18H19N5OS2/c1-3-23(4-2)14-8-6-13(7-9-14)19-18(25)20-17(24)12-5-10-15-16(11-12)22-26-21-15/h5-11H,3-4H2,1-2H3,(H2,19,20,24,25). The first-order valence-electron chi connectivity index (χ1n) is 8.30. The number of carbonyl (C=O) groups is 1. The molecular formula is C18H19N5OS2. The SMILES string of the molecule is CCN(CC)c1ccc(NC(=S)NC(=O)c2ccc3nsnc3c2)cc1. The van der Waals surface area contributed by atoms with E-state index in [1.165, 1.54) is 0 Å². The molecule has 6 nitrogen and oxygen atoms in total. The van der Waals surface area contributed by atoms with Crippen molar-refractivity contribution in [2.24, 2.45) is 0 Å². The van der Waals surface area contributed by atoms with Gasteiger partial charge in [0.05, 0.1) is 11.7 Å². The summed E-state index contributed by atoms with van der Waals surface area (Å²) in [4.78, 5) is 14.6. The normalized spacial score (nSPS) is 10.5. The highest BCUT2D eigenvalue weighted by Crippen LogP contribution is 2.18. The minimum Gasteiger partial charge on any atom is -0.372 e. The maximum absolute atomic E-state index is 12.3. The zero-order valence-corrected chi connectivity index (χ0v) is 16.2. The number of anilines is 2. The lowest BCUT2D eigenvalue weighted by Crippen LogP contribution is -2.34. The molecule has 0 radical (unpaired) electrons. The molecule has 134 valence electrons. The van der Waals surface area contributed by atoms with Crippen LogP contribution in [0.4, 0.5) is 11.4 Å². The molecule has 8 heteroatoms. The van der Waals surface area contributed by atoms with Gasteiger partial charge in [-0.2, -0.15) is 8.75 Å². The molecule has 1 amide bonds. The molecule has 0 unspecified atom stereocenters. The van der Waals surface area contributed by atoms with E-state index in [-0.39, 0.29) is 11.0 Å². The van der Waals surface area contributed by atoms with Crippen LogP contribution in [0, 0.1) is 0 Å². The molecule has 1 aromatic heterocycles. The summed E-state index contributed by atoms with van der Waals surface area (Å²) in [6.45, 7) is 6.16. The number of rotatable bonds is 5. The molecule has 0 bridgehead atoms. The molecule has 0 saturated heterocycles. The molecule has 0 saturated carbocycles. The van der Waals surface area contributed by atoms with E-state index in [2.05, 4.69) is 38.1 Å². The van der Waals surface area contributed by atoms with Crippen molar-refractivity contribution in [3.05, 3.63) is 48.0 Å². The van der Waals surface area contributed by atoms with Gasteiger partial charge in [0.25, 0.3) is 5.91 Å². The van der Waals surface area contributed by atoms with E-state index >= 15 is 0 Å². The van der Waals surface area contributed by atoms with E-state index in [0.29, 0.717) is 11.1 Å². The van der Waals surface area contributed by atoms with Gasteiger partial charge in [0.15, 0.2) is 5.11 Å². The molecule has 1 heterocycles. The molecule has 0 aliphatic carbocycles. The largest absolute Gasteiger partial charge is 0.372 e. The first-order chi connectivity index (χ1) is 12.6. The number of nitrogens with one attached hydrogen (secondary N) is 2. The van der Waals surface area contributed by atoms with Gasteiger partial charge >= 0.3 is 0 Å². The Morgan fingerprint density at radius 2 is 1.77 bits per heavy atom. The summed E-state index contributed by atoms with van der Waals surface area (Å²) in [6.07, 6.45) is 0. The summed E-state index contributed by atoms with van der Waals surface area (Å²) in [7, 11) is 0. The van der Waals surface area contributed by atoms with Crippen LogP contribution in [-0.2, 0) is 0 Å². The maximum Gasteiger partial charge on any atom is 0.257 e. The van der Waals surface area contributed by atoms with Crippen LogP contribution in [0.15, 0.2) is 42.5 Å². The number of thiocarbonyl (C=S) groups is 1. The summed E-state index contributed by atoms with van der Waals surface area (Å²) in [5.41, 5.74) is 3.95. The minimum absolute atomic E-state index is 0.252. The van der Waals surface area contributed by atoms with Crippen molar-refractivity contribution in [2.45, 2.75) is 13.8 Å². The number of aromatic nitrogens is 2. The second-order valence-electron chi connectivity index (χ2n) is 5.60. The molecule has 0 aliphatic heterocycles. The third-order valence-corrected chi connectivity index (χ3v) is 4.76. The van der Waals surface area contributed by atoms with Gasteiger partial charge in [-0.25, -0.2) is 0 Å². The van der Waals surface area contributed by atoms with Crippen molar-refractivity contribution in [3.63, 3.8) is 0 Å². The molecule has 26 heavy (non-hydrogen) atoms. The summed E-state index contributed by atoms with van der Waals surface area (Å²) < 4.78 is 8.27. The van der Waals surface area contributed by atoms with Gasteiger partial charge in [0.2, 0.25) is 0 Å². The van der Waals surface area contributed by atoms with Crippen LogP contribution in [0.3, 0.4) is 0 Å². The predicted molar refractivity (Wildman–Crippen MR) is 111 cm³/mol. The van der Waals surface area contributed by atoms with Crippen LogP contribution in [0.5, 0.6) is 0 Å². The molecule has 0 spiro atoms. The number of benzene rings is 2. The number of hydrogen-bond donors (Lipinski definition) is 2. The summed E-state index contributed by atoms with van der Waals surface area (Å²) >= 11 is 6.36. The van der Waals surface area contributed by atoms with Crippen LogP contribution in [0.2, 0.25) is 0 Å². The van der Waals surface area contributed by atoms with Crippen molar-refractivity contribution in [3.8, 4) is 0 Å². The molecule has 3 rings (SSSR count). The lowest BCUT2D eigenvalue weighted by Gasteiger charge is -2.21. The summed E-state index contributed by atoms with van der Waals surface area (Å²) in [6, 6.07) is 13.1. The van der Waals surface area contributed by atoms with Gasteiger partial charge in [-0.15, -0.1) is 0 Å². The van der Waals surface area contributed by atoms with Crippen molar-refractivity contribution in [1.82, 2.24) is 14.1 Å². The summed E-state index contributed by atoms with van der Waals surface area (Å²) in [5, 5.41) is 5.97. The van der Waals surface area contributed by atoms with Crippen LogP contribution >= 0.6 is 23.9 Å². The second kappa shape index (κ2) is 8.20. The molecular weight excluding hydrogens is 366 g/mol. The van der Waals surface area contributed by atoms with Crippen molar-refractivity contribution < 1.29 is 4.79 Å². The Balaban J connectivity index is 1.61. The van der Waals surface area contributed by atoms with Gasteiger partial charge in [0.1, 0.15) is 11.0 Å². The molecule has 0 atom stereocenters. The van der Waals surface area contributed by atoms with Crippen molar-refractivity contribution in [2.75, 3.05) is 23.3 Å². The molecule has 2 N–H and O–H groups in total. The number of nitrogens with zero attached hydrogens (tertiary/aromatic N) is 3. The number of hydrogen-bond acceptors (Lipinski definition) is 6. The van der Waals surface area contributed by atoms with Gasteiger partial charge in [0, 0.05) is 30.0 Å². The second-order valence-corrected chi connectivity index (χ2v) is 6.53. The monoisotopic (exact) mass is 385 g/mol. The number of fused-ring (bicyclic) bond motifs is 1. The first-order valence-corrected chi connectivity index (χ1v) is 9.44. The Labute approximate surface area is 161 Å². The van der Waals surface area contributed by atoms with Crippen LogP contribution in [0.25, 0.3) is 11.0 Å². The third-order valence-electron chi connectivity index (χ3n) is 4.00. The predicted octanol–water partition coefficient (Wildman–Crippen LogP) is 3.66. The van der Waals surface area contributed by atoms with Crippen molar-refractivity contribution in [1.29, 1.82) is 0 Å². The Morgan fingerprint density at radius 3 is 2.46 bits per heavy atom. The Bertz CT molecular complexity index is 919. The van der Waals surface area contributed by atoms with Crippen LogP contribution in [0.1, 0.15) is 24.2 Å². The highest BCUT2D eigenvalue weighted by atomic mass is 32.1. The smallest absolute Gasteiger partial charge is 0.257 e. The van der Waals surface area contributed by atoms with Gasteiger partial charge in [-0.3, -0.25) is 10.1 Å². The van der Waals surface area contributed by atoms with Crippen molar-refractivity contribution >= 4 is 57.4 Å².